The molecule has 1 aliphatic rings. The maximum atomic E-state index is 12.6. The van der Waals surface area contributed by atoms with E-state index in [2.05, 4.69) is 32.6 Å². The molecule has 4 rings (SSSR count). The molecule has 1 fully saturated rings. The molecule has 0 aliphatic carbocycles. The van der Waals surface area contributed by atoms with Gasteiger partial charge >= 0.3 is 0 Å². The fourth-order valence-corrected chi connectivity index (χ4v) is 3.19. The molecule has 0 N–H and O–H groups in total. The second-order valence-corrected chi connectivity index (χ2v) is 6.30. The molecular weight excluding hydrogens is 328 g/mol. The van der Waals surface area contributed by atoms with Crippen LogP contribution in [0.3, 0.4) is 0 Å². The minimum absolute atomic E-state index is 0.174. The lowest BCUT2D eigenvalue weighted by molar-refractivity contribution is -0.130. The summed E-state index contributed by atoms with van der Waals surface area (Å²) in [5, 5.41) is 11.1. The fourth-order valence-electron chi connectivity index (χ4n) is 3.19. The number of hydrogen-bond donors (Lipinski definition) is 0. The molecule has 0 bridgehead atoms. The summed E-state index contributed by atoms with van der Waals surface area (Å²) in [6, 6.07) is 18.1. The Hall–Kier alpha value is -3.22. The molecule has 0 spiro atoms. The minimum atomic E-state index is 0.174. The Kier molecular flexibility index (Phi) is 4.59. The Labute approximate surface area is 151 Å². The minimum Gasteiger partial charge on any atom is -0.368 e. The van der Waals surface area contributed by atoms with Crippen LogP contribution < -0.4 is 4.90 Å². The Morgan fingerprint density at radius 2 is 1.62 bits per heavy atom. The molecule has 2 aromatic carbocycles. The van der Waals surface area contributed by atoms with Crippen molar-refractivity contribution in [3.8, 4) is 5.69 Å². The molecule has 0 radical (unpaired) electrons. The summed E-state index contributed by atoms with van der Waals surface area (Å²) in [6.45, 7) is 3.26. The van der Waals surface area contributed by atoms with Gasteiger partial charge in [-0.3, -0.25) is 4.79 Å². The third-order valence-electron chi connectivity index (χ3n) is 4.66. The number of para-hydroxylation sites is 1. The average molecular weight is 348 g/mol. The number of nitrogens with zero attached hydrogens (tertiary/aromatic N) is 6. The van der Waals surface area contributed by atoms with Crippen molar-refractivity contribution in [3.63, 3.8) is 0 Å². The first kappa shape index (κ1) is 16.3. The van der Waals surface area contributed by atoms with Crippen molar-refractivity contribution < 1.29 is 4.79 Å². The molecule has 1 saturated heterocycles. The summed E-state index contributed by atoms with van der Waals surface area (Å²) in [6.07, 6.45) is 1.97. The molecule has 1 amide bonds. The van der Waals surface area contributed by atoms with E-state index in [0.717, 1.165) is 37.4 Å². The monoisotopic (exact) mass is 348 g/mol. The van der Waals surface area contributed by atoms with E-state index in [0.29, 0.717) is 6.42 Å². The number of tetrazole rings is 1. The van der Waals surface area contributed by atoms with Gasteiger partial charge in [-0.1, -0.05) is 30.3 Å². The molecule has 3 aromatic rings. The van der Waals surface area contributed by atoms with E-state index in [4.69, 9.17) is 0 Å². The van der Waals surface area contributed by atoms with Gasteiger partial charge in [0.2, 0.25) is 5.91 Å². The van der Waals surface area contributed by atoms with Gasteiger partial charge in [-0.25, -0.2) is 4.68 Å². The van der Waals surface area contributed by atoms with E-state index in [1.165, 1.54) is 5.69 Å². The second-order valence-electron chi connectivity index (χ2n) is 6.30. The lowest BCUT2D eigenvalue weighted by Gasteiger charge is -2.36. The highest BCUT2D eigenvalue weighted by Crippen LogP contribution is 2.16. The molecule has 1 aliphatic heterocycles. The van der Waals surface area contributed by atoms with E-state index >= 15 is 0 Å². The Bertz CT molecular complexity index is 840. The first-order chi connectivity index (χ1) is 12.8. The number of carbonyl (C=O) groups is 1. The predicted octanol–water partition coefficient (Wildman–Crippen LogP) is 1.55. The lowest BCUT2D eigenvalue weighted by atomic mass is 10.1. The van der Waals surface area contributed by atoms with Crippen LogP contribution in [0.25, 0.3) is 5.69 Å². The zero-order valence-corrected chi connectivity index (χ0v) is 14.4. The Balaban J connectivity index is 1.33. The lowest BCUT2D eigenvalue weighted by Crippen LogP contribution is -2.49. The Morgan fingerprint density at radius 3 is 2.27 bits per heavy atom. The topological polar surface area (TPSA) is 67.2 Å². The van der Waals surface area contributed by atoms with Crippen molar-refractivity contribution in [1.29, 1.82) is 0 Å². The highest BCUT2D eigenvalue weighted by Gasteiger charge is 2.21. The first-order valence-electron chi connectivity index (χ1n) is 8.70. The number of carbonyl (C=O) groups excluding carboxylic acids is 1. The maximum Gasteiger partial charge on any atom is 0.227 e. The van der Waals surface area contributed by atoms with Crippen molar-refractivity contribution in [2.24, 2.45) is 0 Å². The molecule has 0 unspecified atom stereocenters. The van der Waals surface area contributed by atoms with Crippen LogP contribution in [0.2, 0.25) is 0 Å². The number of amides is 1. The van der Waals surface area contributed by atoms with Gasteiger partial charge in [0.15, 0.2) is 0 Å². The van der Waals surface area contributed by atoms with Gasteiger partial charge in [-0.15, -0.1) is 5.10 Å². The van der Waals surface area contributed by atoms with Gasteiger partial charge in [-0.05, 0) is 40.3 Å². The van der Waals surface area contributed by atoms with Gasteiger partial charge in [0.05, 0.1) is 12.1 Å². The third kappa shape index (κ3) is 3.56. The quantitative estimate of drug-likeness (QED) is 0.716. The summed E-state index contributed by atoms with van der Waals surface area (Å²) < 4.78 is 1.59. The molecular formula is C19H20N6O. The predicted molar refractivity (Wildman–Crippen MR) is 98.1 cm³/mol. The van der Waals surface area contributed by atoms with E-state index < -0.39 is 0 Å². The number of aromatic nitrogens is 4. The van der Waals surface area contributed by atoms with E-state index in [9.17, 15) is 4.79 Å². The van der Waals surface area contributed by atoms with Crippen LogP contribution in [0.1, 0.15) is 5.56 Å². The molecule has 0 saturated carbocycles. The maximum absolute atomic E-state index is 12.6. The van der Waals surface area contributed by atoms with Crippen molar-refractivity contribution in [3.05, 3.63) is 66.5 Å². The molecule has 26 heavy (non-hydrogen) atoms. The van der Waals surface area contributed by atoms with Gasteiger partial charge in [0.25, 0.3) is 0 Å². The average Bonchev–Trinajstić information content (AvgIpc) is 3.24. The molecule has 2 heterocycles. The Morgan fingerprint density at radius 1 is 0.885 bits per heavy atom. The smallest absolute Gasteiger partial charge is 0.227 e. The summed E-state index contributed by atoms with van der Waals surface area (Å²) in [7, 11) is 0. The number of anilines is 1. The normalized spacial score (nSPS) is 14.5. The molecule has 132 valence electrons. The first-order valence-corrected chi connectivity index (χ1v) is 8.70. The number of benzene rings is 2. The van der Waals surface area contributed by atoms with Crippen LogP contribution >= 0.6 is 0 Å². The summed E-state index contributed by atoms with van der Waals surface area (Å²) >= 11 is 0. The summed E-state index contributed by atoms with van der Waals surface area (Å²) in [4.78, 5) is 16.9. The molecule has 1 aromatic heterocycles. The van der Waals surface area contributed by atoms with E-state index in [-0.39, 0.29) is 5.91 Å². The van der Waals surface area contributed by atoms with E-state index in [1.807, 2.05) is 47.4 Å². The van der Waals surface area contributed by atoms with Crippen molar-refractivity contribution in [2.75, 3.05) is 31.1 Å². The van der Waals surface area contributed by atoms with Crippen LogP contribution in [0, 0.1) is 0 Å². The SMILES string of the molecule is O=C(Cc1ccc(-n2cnnn2)cc1)N1CCN(c2ccccc2)CC1. The van der Waals surface area contributed by atoms with Crippen LogP contribution in [0.15, 0.2) is 60.9 Å². The summed E-state index contributed by atoms with van der Waals surface area (Å²) in [5.74, 6) is 0.174. The second kappa shape index (κ2) is 7.35. The number of hydrogen-bond acceptors (Lipinski definition) is 5. The van der Waals surface area contributed by atoms with Crippen molar-refractivity contribution in [2.45, 2.75) is 6.42 Å². The van der Waals surface area contributed by atoms with E-state index in [1.54, 1.807) is 11.0 Å². The highest BCUT2D eigenvalue weighted by atomic mass is 16.2. The zero-order chi connectivity index (χ0) is 17.8. The molecule has 0 atom stereocenters. The standard InChI is InChI=1S/C19H20N6O/c26-19(14-16-6-8-18(9-7-16)25-15-20-21-22-25)24-12-10-23(11-13-24)17-4-2-1-3-5-17/h1-9,15H,10-14H2. The van der Waals surface area contributed by atoms with Crippen LogP contribution in [-0.4, -0.2) is 57.2 Å². The van der Waals surface area contributed by atoms with Crippen LogP contribution in [-0.2, 0) is 11.2 Å². The molecule has 7 nitrogen and oxygen atoms in total. The highest BCUT2D eigenvalue weighted by molar-refractivity contribution is 5.79. The van der Waals surface area contributed by atoms with Gasteiger partial charge in [0.1, 0.15) is 6.33 Å². The van der Waals surface area contributed by atoms with Crippen LogP contribution in [0.4, 0.5) is 5.69 Å². The van der Waals surface area contributed by atoms with Gasteiger partial charge in [0, 0.05) is 31.9 Å². The number of rotatable bonds is 4. The van der Waals surface area contributed by atoms with Crippen molar-refractivity contribution in [1.82, 2.24) is 25.1 Å². The molecule has 7 heteroatoms. The summed E-state index contributed by atoms with van der Waals surface area (Å²) in [5.41, 5.74) is 3.10. The van der Waals surface area contributed by atoms with Crippen LogP contribution in [0.5, 0.6) is 0 Å². The fraction of sp³-hybridized carbons (Fsp3) is 0.263. The van der Waals surface area contributed by atoms with Gasteiger partial charge < -0.3 is 9.80 Å². The van der Waals surface area contributed by atoms with Gasteiger partial charge in [-0.2, -0.15) is 0 Å². The zero-order valence-electron chi connectivity index (χ0n) is 14.4. The third-order valence-corrected chi connectivity index (χ3v) is 4.66. The largest absolute Gasteiger partial charge is 0.368 e. The number of piperazine rings is 1. The van der Waals surface area contributed by atoms with Crippen molar-refractivity contribution >= 4 is 11.6 Å².